The highest BCUT2D eigenvalue weighted by Gasteiger charge is 2.10. The first-order valence-corrected chi connectivity index (χ1v) is 7.32. The van der Waals surface area contributed by atoms with Crippen LogP contribution in [0.25, 0.3) is 0 Å². The summed E-state index contributed by atoms with van der Waals surface area (Å²) in [5, 5.41) is 11.4. The summed E-state index contributed by atoms with van der Waals surface area (Å²) < 4.78 is 5.06. The van der Waals surface area contributed by atoms with Gasteiger partial charge in [-0.05, 0) is 30.7 Å². The fourth-order valence-corrected chi connectivity index (χ4v) is 2.55. The van der Waals surface area contributed by atoms with Crippen LogP contribution in [-0.2, 0) is 11.3 Å². The normalized spacial score (nSPS) is 10.3. The van der Waals surface area contributed by atoms with E-state index in [0.29, 0.717) is 11.5 Å². The number of aromatic carboxylic acids is 1. The van der Waals surface area contributed by atoms with E-state index < -0.39 is 5.97 Å². The summed E-state index contributed by atoms with van der Waals surface area (Å²) in [6.45, 7) is 2.18. The van der Waals surface area contributed by atoms with Crippen molar-refractivity contribution in [3.05, 3.63) is 53.5 Å². The summed E-state index contributed by atoms with van der Waals surface area (Å²) in [7, 11) is 0. The number of furan rings is 1. The van der Waals surface area contributed by atoms with E-state index in [-0.39, 0.29) is 18.2 Å². The summed E-state index contributed by atoms with van der Waals surface area (Å²) >= 11 is 1.46. The maximum atomic E-state index is 11.8. The molecule has 0 radical (unpaired) electrons. The fourth-order valence-electron chi connectivity index (χ4n) is 1.69. The van der Waals surface area contributed by atoms with Crippen molar-refractivity contribution in [3.8, 4) is 0 Å². The lowest BCUT2D eigenvalue weighted by molar-refractivity contribution is -0.118. The number of carbonyl (C=O) groups is 2. The third-order valence-corrected chi connectivity index (χ3v) is 3.96. The molecule has 1 aromatic carbocycles. The topological polar surface area (TPSA) is 79.5 Å². The Bertz CT molecular complexity index is 651. The molecule has 0 spiro atoms. The molecule has 0 aliphatic heterocycles. The lowest BCUT2D eigenvalue weighted by Crippen LogP contribution is -2.24. The molecule has 0 saturated heterocycles. The average molecular weight is 305 g/mol. The van der Waals surface area contributed by atoms with Crippen LogP contribution in [0.1, 0.15) is 21.9 Å². The SMILES string of the molecule is Cc1ccccc1SCC(=O)NCc1ccc(C(=O)O)o1. The van der Waals surface area contributed by atoms with Crippen molar-refractivity contribution in [2.75, 3.05) is 5.75 Å². The molecule has 1 aromatic heterocycles. The van der Waals surface area contributed by atoms with E-state index in [1.807, 2.05) is 31.2 Å². The monoisotopic (exact) mass is 305 g/mol. The Balaban J connectivity index is 1.79. The third-order valence-electron chi connectivity index (χ3n) is 2.78. The van der Waals surface area contributed by atoms with E-state index in [0.717, 1.165) is 10.5 Å². The Hall–Kier alpha value is -2.21. The number of benzene rings is 1. The molecule has 110 valence electrons. The fraction of sp³-hybridized carbons (Fsp3) is 0.200. The molecular weight excluding hydrogens is 290 g/mol. The standard InChI is InChI=1S/C15H15NO4S/c1-10-4-2-3-5-13(10)21-9-14(17)16-8-11-6-7-12(20-11)15(18)19/h2-7H,8-9H2,1H3,(H,16,17)(H,18,19). The Morgan fingerprint density at radius 1 is 1.24 bits per heavy atom. The first-order chi connectivity index (χ1) is 10.1. The van der Waals surface area contributed by atoms with Gasteiger partial charge in [-0.3, -0.25) is 4.79 Å². The molecule has 0 aliphatic carbocycles. The van der Waals surface area contributed by atoms with Crippen LogP contribution < -0.4 is 5.32 Å². The quantitative estimate of drug-likeness (QED) is 0.802. The highest BCUT2D eigenvalue weighted by atomic mass is 32.2. The molecular formula is C15H15NO4S. The van der Waals surface area contributed by atoms with E-state index in [1.165, 1.54) is 23.9 Å². The third kappa shape index (κ3) is 4.39. The molecule has 2 rings (SSSR count). The minimum absolute atomic E-state index is 0.128. The van der Waals surface area contributed by atoms with Crippen LogP contribution in [0.2, 0.25) is 0 Å². The summed E-state index contributed by atoms with van der Waals surface area (Å²) in [5.74, 6) is -0.661. The Morgan fingerprint density at radius 3 is 2.67 bits per heavy atom. The molecule has 0 unspecified atom stereocenters. The van der Waals surface area contributed by atoms with Gasteiger partial charge in [-0.1, -0.05) is 18.2 Å². The van der Waals surface area contributed by atoms with Crippen molar-refractivity contribution in [1.82, 2.24) is 5.32 Å². The Kier molecular flexibility index (Phi) is 5.05. The van der Waals surface area contributed by atoms with E-state index in [2.05, 4.69) is 5.32 Å². The van der Waals surface area contributed by atoms with Crippen molar-refractivity contribution in [2.45, 2.75) is 18.4 Å². The van der Waals surface area contributed by atoms with Crippen LogP contribution in [-0.4, -0.2) is 22.7 Å². The van der Waals surface area contributed by atoms with Crippen LogP contribution in [0.3, 0.4) is 0 Å². The van der Waals surface area contributed by atoms with Gasteiger partial charge in [0.2, 0.25) is 11.7 Å². The molecule has 0 saturated carbocycles. The summed E-state index contributed by atoms with van der Waals surface area (Å²) in [6.07, 6.45) is 0. The molecule has 1 heterocycles. The number of hydrogen-bond acceptors (Lipinski definition) is 4. The number of nitrogens with one attached hydrogen (secondary N) is 1. The zero-order valence-electron chi connectivity index (χ0n) is 11.5. The molecule has 5 nitrogen and oxygen atoms in total. The van der Waals surface area contributed by atoms with Gasteiger partial charge in [0.05, 0.1) is 12.3 Å². The van der Waals surface area contributed by atoms with E-state index >= 15 is 0 Å². The second-order valence-electron chi connectivity index (χ2n) is 4.40. The van der Waals surface area contributed by atoms with E-state index in [4.69, 9.17) is 9.52 Å². The minimum Gasteiger partial charge on any atom is -0.475 e. The molecule has 0 aliphatic rings. The highest BCUT2D eigenvalue weighted by molar-refractivity contribution is 8.00. The van der Waals surface area contributed by atoms with Crippen molar-refractivity contribution >= 4 is 23.6 Å². The van der Waals surface area contributed by atoms with Crippen molar-refractivity contribution < 1.29 is 19.1 Å². The predicted molar refractivity (Wildman–Crippen MR) is 79.4 cm³/mol. The maximum absolute atomic E-state index is 11.8. The van der Waals surface area contributed by atoms with Gasteiger partial charge in [-0.25, -0.2) is 4.79 Å². The van der Waals surface area contributed by atoms with Crippen molar-refractivity contribution in [1.29, 1.82) is 0 Å². The van der Waals surface area contributed by atoms with Gasteiger partial charge in [0, 0.05) is 4.90 Å². The number of hydrogen-bond donors (Lipinski definition) is 2. The molecule has 1 amide bonds. The van der Waals surface area contributed by atoms with Gasteiger partial charge >= 0.3 is 5.97 Å². The second-order valence-corrected chi connectivity index (χ2v) is 5.42. The summed E-state index contributed by atoms with van der Waals surface area (Å²) in [6, 6.07) is 10.8. The van der Waals surface area contributed by atoms with E-state index in [1.54, 1.807) is 0 Å². The number of rotatable bonds is 6. The molecule has 21 heavy (non-hydrogen) atoms. The largest absolute Gasteiger partial charge is 0.475 e. The number of amides is 1. The Morgan fingerprint density at radius 2 is 2.00 bits per heavy atom. The van der Waals surface area contributed by atoms with Gasteiger partial charge in [-0.15, -0.1) is 11.8 Å². The van der Waals surface area contributed by atoms with Crippen molar-refractivity contribution in [2.24, 2.45) is 0 Å². The Labute approximate surface area is 126 Å². The lowest BCUT2D eigenvalue weighted by atomic mass is 10.2. The lowest BCUT2D eigenvalue weighted by Gasteiger charge is -2.05. The zero-order chi connectivity index (χ0) is 15.2. The second kappa shape index (κ2) is 6.99. The van der Waals surface area contributed by atoms with Crippen LogP contribution in [0.5, 0.6) is 0 Å². The number of thioether (sulfide) groups is 1. The van der Waals surface area contributed by atoms with Gasteiger partial charge in [0.25, 0.3) is 0 Å². The number of carboxylic acids is 1. The molecule has 2 N–H and O–H groups in total. The average Bonchev–Trinajstić information content (AvgIpc) is 2.93. The van der Waals surface area contributed by atoms with Gasteiger partial charge in [0.1, 0.15) is 5.76 Å². The first kappa shape index (κ1) is 15.2. The minimum atomic E-state index is -1.12. The molecule has 2 aromatic rings. The van der Waals surface area contributed by atoms with Crippen LogP contribution >= 0.6 is 11.8 Å². The van der Waals surface area contributed by atoms with Gasteiger partial charge < -0.3 is 14.8 Å². The summed E-state index contributed by atoms with van der Waals surface area (Å²) in [4.78, 5) is 23.5. The number of carbonyl (C=O) groups excluding carboxylic acids is 1. The van der Waals surface area contributed by atoms with Gasteiger partial charge in [0.15, 0.2) is 0 Å². The summed E-state index contributed by atoms with van der Waals surface area (Å²) in [5.41, 5.74) is 1.13. The van der Waals surface area contributed by atoms with Crippen LogP contribution in [0, 0.1) is 6.92 Å². The number of carboxylic acid groups (broad SMARTS) is 1. The van der Waals surface area contributed by atoms with Gasteiger partial charge in [-0.2, -0.15) is 0 Å². The zero-order valence-corrected chi connectivity index (χ0v) is 12.3. The van der Waals surface area contributed by atoms with Crippen LogP contribution in [0.15, 0.2) is 45.7 Å². The van der Waals surface area contributed by atoms with Crippen molar-refractivity contribution in [3.63, 3.8) is 0 Å². The molecule has 0 fully saturated rings. The maximum Gasteiger partial charge on any atom is 0.371 e. The smallest absolute Gasteiger partial charge is 0.371 e. The van der Waals surface area contributed by atoms with Crippen LogP contribution in [0.4, 0.5) is 0 Å². The molecule has 0 atom stereocenters. The number of aryl methyl sites for hydroxylation is 1. The highest BCUT2D eigenvalue weighted by Crippen LogP contribution is 2.21. The predicted octanol–water partition coefficient (Wildman–Crippen LogP) is 2.69. The first-order valence-electron chi connectivity index (χ1n) is 6.33. The molecule has 0 bridgehead atoms. The molecule has 6 heteroatoms. The van der Waals surface area contributed by atoms with E-state index in [9.17, 15) is 9.59 Å².